The van der Waals surface area contributed by atoms with Crippen molar-refractivity contribution in [1.29, 1.82) is 0 Å². The summed E-state index contributed by atoms with van der Waals surface area (Å²) in [6.45, 7) is 6.38. The quantitative estimate of drug-likeness (QED) is 0.779. The fraction of sp³-hybridized carbons (Fsp3) is 0.700. The Balaban J connectivity index is 2.70. The fourth-order valence-electron chi connectivity index (χ4n) is 1.20. The Morgan fingerprint density at radius 2 is 2.23 bits per heavy atom. The third kappa shape index (κ3) is 2.31. The molecule has 1 heterocycles. The Hall–Kier alpha value is -0.830. The molecule has 3 heteroatoms. The predicted molar refractivity (Wildman–Crippen MR) is 50.3 cm³/mol. The molecule has 1 N–H and O–H groups in total. The lowest BCUT2D eigenvalue weighted by molar-refractivity contribution is 0.276. The summed E-state index contributed by atoms with van der Waals surface area (Å²) in [6, 6.07) is 0. The van der Waals surface area contributed by atoms with Gasteiger partial charge in [-0.05, 0) is 5.92 Å². The van der Waals surface area contributed by atoms with Crippen LogP contribution in [0.25, 0.3) is 0 Å². The SMILES string of the molecule is CC[C@@H](C)C(C)c1nc(CO)co1. The standard InChI is InChI=1S/C10H17NO2/c1-4-7(2)8(3)10-11-9(5-12)6-13-10/h6-8,12H,4-5H2,1-3H3/t7-,8?/m1/s1. The molecular formula is C10H17NO2. The maximum absolute atomic E-state index is 8.81. The summed E-state index contributed by atoms with van der Waals surface area (Å²) in [7, 11) is 0. The Morgan fingerprint density at radius 3 is 2.69 bits per heavy atom. The van der Waals surface area contributed by atoms with Gasteiger partial charge in [0.15, 0.2) is 5.89 Å². The number of nitrogens with zero attached hydrogens (tertiary/aromatic N) is 1. The predicted octanol–water partition coefficient (Wildman–Crippen LogP) is 2.32. The highest BCUT2D eigenvalue weighted by Gasteiger charge is 2.17. The first-order chi connectivity index (χ1) is 6.19. The largest absolute Gasteiger partial charge is 0.448 e. The summed E-state index contributed by atoms with van der Waals surface area (Å²) in [5.74, 6) is 1.62. The minimum absolute atomic E-state index is 0.0449. The molecule has 13 heavy (non-hydrogen) atoms. The van der Waals surface area contributed by atoms with Gasteiger partial charge in [-0.2, -0.15) is 0 Å². The molecule has 1 aromatic heterocycles. The molecule has 0 aliphatic heterocycles. The van der Waals surface area contributed by atoms with Crippen molar-refractivity contribution < 1.29 is 9.52 Å². The zero-order chi connectivity index (χ0) is 9.84. The van der Waals surface area contributed by atoms with E-state index in [-0.39, 0.29) is 6.61 Å². The Bertz CT molecular complexity index is 257. The molecule has 1 rings (SSSR count). The van der Waals surface area contributed by atoms with E-state index in [1.165, 1.54) is 6.26 Å². The normalized spacial score (nSPS) is 15.7. The molecule has 74 valence electrons. The van der Waals surface area contributed by atoms with E-state index in [1.54, 1.807) is 0 Å². The number of hydrogen-bond donors (Lipinski definition) is 1. The summed E-state index contributed by atoms with van der Waals surface area (Å²) >= 11 is 0. The topological polar surface area (TPSA) is 46.3 Å². The molecule has 0 fully saturated rings. The van der Waals surface area contributed by atoms with Crippen LogP contribution in [0, 0.1) is 5.92 Å². The van der Waals surface area contributed by atoms with Crippen LogP contribution >= 0.6 is 0 Å². The third-order valence-corrected chi connectivity index (χ3v) is 2.62. The molecular weight excluding hydrogens is 166 g/mol. The second-order valence-electron chi connectivity index (χ2n) is 3.51. The number of aliphatic hydroxyl groups is 1. The minimum atomic E-state index is -0.0449. The molecule has 1 unspecified atom stereocenters. The second-order valence-corrected chi connectivity index (χ2v) is 3.51. The van der Waals surface area contributed by atoms with Crippen molar-refractivity contribution in [2.45, 2.75) is 39.7 Å². The molecule has 0 radical (unpaired) electrons. The number of aromatic nitrogens is 1. The van der Waals surface area contributed by atoms with Gasteiger partial charge in [0.25, 0.3) is 0 Å². The van der Waals surface area contributed by atoms with Crippen molar-refractivity contribution in [2.75, 3.05) is 0 Å². The van der Waals surface area contributed by atoms with Gasteiger partial charge in [0.2, 0.25) is 0 Å². The van der Waals surface area contributed by atoms with Crippen molar-refractivity contribution in [1.82, 2.24) is 4.98 Å². The molecule has 0 aliphatic carbocycles. The van der Waals surface area contributed by atoms with Crippen LogP contribution in [0.4, 0.5) is 0 Å². The van der Waals surface area contributed by atoms with Gasteiger partial charge in [0, 0.05) is 5.92 Å². The lowest BCUT2D eigenvalue weighted by Gasteiger charge is -2.13. The maximum atomic E-state index is 8.81. The lowest BCUT2D eigenvalue weighted by atomic mass is 9.94. The third-order valence-electron chi connectivity index (χ3n) is 2.62. The number of aliphatic hydroxyl groups excluding tert-OH is 1. The van der Waals surface area contributed by atoms with E-state index in [4.69, 9.17) is 9.52 Å². The van der Waals surface area contributed by atoms with Crippen LogP contribution in [0.1, 0.15) is 44.7 Å². The van der Waals surface area contributed by atoms with Gasteiger partial charge >= 0.3 is 0 Å². The highest BCUT2D eigenvalue weighted by molar-refractivity contribution is 4.99. The van der Waals surface area contributed by atoms with Gasteiger partial charge in [-0.3, -0.25) is 0 Å². The van der Waals surface area contributed by atoms with Crippen LogP contribution in [-0.2, 0) is 6.61 Å². The van der Waals surface area contributed by atoms with E-state index in [9.17, 15) is 0 Å². The van der Waals surface area contributed by atoms with Crippen LogP contribution in [0.5, 0.6) is 0 Å². The zero-order valence-electron chi connectivity index (χ0n) is 8.45. The molecule has 0 aliphatic rings. The Kier molecular flexibility index (Phi) is 3.48. The van der Waals surface area contributed by atoms with Gasteiger partial charge < -0.3 is 9.52 Å². The highest BCUT2D eigenvalue weighted by Crippen LogP contribution is 2.25. The summed E-state index contributed by atoms with van der Waals surface area (Å²) in [6.07, 6.45) is 2.63. The fourth-order valence-corrected chi connectivity index (χ4v) is 1.20. The van der Waals surface area contributed by atoms with Gasteiger partial charge in [-0.15, -0.1) is 0 Å². The van der Waals surface area contributed by atoms with Crippen LogP contribution in [-0.4, -0.2) is 10.1 Å². The van der Waals surface area contributed by atoms with Gasteiger partial charge in [0.05, 0.1) is 6.61 Å². The van der Waals surface area contributed by atoms with Crippen LogP contribution in [0.2, 0.25) is 0 Å². The Labute approximate surface area is 78.8 Å². The monoisotopic (exact) mass is 183 g/mol. The molecule has 3 nitrogen and oxygen atoms in total. The highest BCUT2D eigenvalue weighted by atomic mass is 16.3. The molecule has 0 saturated heterocycles. The van der Waals surface area contributed by atoms with Crippen LogP contribution in [0.15, 0.2) is 10.7 Å². The van der Waals surface area contributed by atoms with Crippen LogP contribution < -0.4 is 0 Å². The molecule has 0 bridgehead atoms. The molecule has 1 aromatic rings. The molecule has 0 amide bonds. The first-order valence-corrected chi connectivity index (χ1v) is 4.74. The van der Waals surface area contributed by atoms with E-state index in [0.29, 0.717) is 17.5 Å². The summed E-state index contributed by atoms with van der Waals surface area (Å²) in [5, 5.41) is 8.81. The average Bonchev–Trinajstić information content (AvgIpc) is 2.63. The van der Waals surface area contributed by atoms with E-state index in [1.807, 2.05) is 0 Å². The van der Waals surface area contributed by atoms with Crippen molar-refractivity contribution in [3.63, 3.8) is 0 Å². The second kappa shape index (κ2) is 4.42. The van der Waals surface area contributed by atoms with E-state index < -0.39 is 0 Å². The number of oxazole rings is 1. The van der Waals surface area contributed by atoms with Crippen LogP contribution in [0.3, 0.4) is 0 Å². The number of rotatable bonds is 4. The number of hydrogen-bond acceptors (Lipinski definition) is 3. The summed E-state index contributed by atoms with van der Waals surface area (Å²) in [5.41, 5.74) is 0.616. The average molecular weight is 183 g/mol. The molecule has 2 atom stereocenters. The first-order valence-electron chi connectivity index (χ1n) is 4.74. The van der Waals surface area contributed by atoms with Gasteiger partial charge in [0.1, 0.15) is 12.0 Å². The Morgan fingerprint density at radius 1 is 1.54 bits per heavy atom. The minimum Gasteiger partial charge on any atom is -0.448 e. The summed E-state index contributed by atoms with van der Waals surface area (Å²) < 4.78 is 5.27. The van der Waals surface area contributed by atoms with Crippen molar-refractivity contribution >= 4 is 0 Å². The smallest absolute Gasteiger partial charge is 0.197 e. The van der Waals surface area contributed by atoms with Crippen molar-refractivity contribution in [2.24, 2.45) is 5.92 Å². The van der Waals surface area contributed by atoms with Crippen molar-refractivity contribution in [3.8, 4) is 0 Å². The van der Waals surface area contributed by atoms with Crippen molar-refractivity contribution in [3.05, 3.63) is 17.8 Å². The molecule has 0 saturated carbocycles. The van der Waals surface area contributed by atoms with Gasteiger partial charge in [-0.25, -0.2) is 4.98 Å². The van der Waals surface area contributed by atoms with Gasteiger partial charge in [-0.1, -0.05) is 27.2 Å². The lowest BCUT2D eigenvalue weighted by Crippen LogP contribution is -2.05. The summed E-state index contributed by atoms with van der Waals surface area (Å²) in [4.78, 5) is 4.18. The first kappa shape index (κ1) is 10.3. The van der Waals surface area contributed by atoms with E-state index in [0.717, 1.165) is 12.3 Å². The van der Waals surface area contributed by atoms with E-state index in [2.05, 4.69) is 25.8 Å². The molecule has 0 aromatic carbocycles. The maximum Gasteiger partial charge on any atom is 0.197 e. The molecule has 0 spiro atoms. The van der Waals surface area contributed by atoms with E-state index >= 15 is 0 Å². The zero-order valence-corrected chi connectivity index (χ0v) is 8.45.